The van der Waals surface area contributed by atoms with E-state index in [-0.39, 0.29) is 23.2 Å². The van der Waals surface area contributed by atoms with Crippen LogP contribution in [0.25, 0.3) is 11.1 Å². The van der Waals surface area contributed by atoms with Gasteiger partial charge in [0.2, 0.25) is 6.79 Å². The van der Waals surface area contributed by atoms with E-state index in [1.165, 1.54) is 18.2 Å². The molecule has 0 fully saturated rings. The lowest BCUT2D eigenvalue weighted by molar-refractivity contribution is 0.102. The molecule has 5 nitrogen and oxygen atoms in total. The van der Waals surface area contributed by atoms with Crippen LogP contribution in [0.5, 0.6) is 11.5 Å². The summed E-state index contributed by atoms with van der Waals surface area (Å²) in [5.74, 6) is 0.243. The Morgan fingerprint density at radius 1 is 1.19 bits per heavy atom. The Morgan fingerprint density at radius 3 is 2.67 bits per heavy atom. The molecule has 0 spiro atoms. The smallest absolute Gasteiger partial charge is 0.261 e. The van der Waals surface area contributed by atoms with E-state index in [4.69, 9.17) is 21.1 Å². The first kappa shape index (κ1) is 17.8. The minimum absolute atomic E-state index is 0.0356. The van der Waals surface area contributed by atoms with Crippen molar-refractivity contribution in [2.24, 2.45) is 0 Å². The first-order chi connectivity index (χ1) is 13.0. The number of anilines is 1. The Balaban J connectivity index is 1.57. The van der Waals surface area contributed by atoms with Crippen molar-refractivity contribution in [3.05, 3.63) is 69.5 Å². The fraction of sp³-hybridized carbons (Fsp3) is 0.0526. The Labute approximate surface area is 167 Å². The molecule has 2 heterocycles. The molecule has 2 aromatic carbocycles. The lowest BCUT2D eigenvalue weighted by atomic mass is 10.1. The Kier molecular flexibility index (Phi) is 4.72. The number of rotatable bonds is 3. The molecule has 0 saturated heterocycles. The number of carbonyl (C=O) groups is 1. The zero-order valence-corrected chi connectivity index (χ0v) is 16.0. The summed E-state index contributed by atoms with van der Waals surface area (Å²) in [7, 11) is 0. The van der Waals surface area contributed by atoms with Crippen molar-refractivity contribution in [2.45, 2.75) is 0 Å². The van der Waals surface area contributed by atoms with E-state index >= 15 is 0 Å². The molecule has 1 amide bonds. The van der Waals surface area contributed by atoms with Crippen LogP contribution in [0.4, 0.5) is 10.2 Å². The standard InChI is InChI=1S/C19H11BrClFN2O3/c20-12-7-16-15(26-9-27-16)6-11(12)10-4-5-17(23-8-10)24-19(25)18-13(21)2-1-3-14(18)22/h1-8H,9H2,(H,23,24,25). The summed E-state index contributed by atoms with van der Waals surface area (Å²) in [6, 6.07) is 11.1. The number of carbonyl (C=O) groups excluding carboxylic acids is 1. The predicted octanol–water partition coefficient (Wildman–Crippen LogP) is 5.28. The van der Waals surface area contributed by atoms with Gasteiger partial charge in [-0.3, -0.25) is 4.79 Å². The summed E-state index contributed by atoms with van der Waals surface area (Å²) in [6.45, 7) is 0.188. The van der Waals surface area contributed by atoms with Crippen LogP contribution in [-0.2, 0) is 0 Å². The molecule has 1 N–H and O–H groups in total. The third-order valence-corrected chi connectivity index (χ3v) is 4.94. The fourth-order valence-corrected chi connectivity index (χ4v) is 3.46. The van der Waals surface area contributed by atoms with Crippen molar-refractivity contribution in [2.75, 3.05) is 12.1 Å². The van der Waals surface area contributed by atoms with Crippen molar-refractivity contribution < 1.29 is 18.7 Å². The van der Waals surface area contributed by atoms with Crippen molar-refractivity contribution in [1.82, 2.24) is 4.98 Å². The van der Waals surface area contributed by atoms with Gasteiger partial charge in [-0.25, -0.2) is 9.37 Å². The first-order valence-electron chi connectivity index (χ1n) is 7.84. The maximum Gasteiger partial charge on any atom is 0.261 e. The molecule has 0 radical (unpaired) electrons. The van der Waals surface area contributed by atoms with E-state index in [9.17, 15) is 9.18 Å². The van der Waals surface area contributed by atoms with Gasteiger partial charge in [-0.2, -0.15) is 0 Å². The Bertz CT molecular complexity index is 1020. The van der Waals surface area contributed by atoms with Crippen LogP contribution in [0.1, 0.15) is 10.4 Å². The zero-order valence-electron chi connectivity index (χ0n) is 13.6. The third kappa shape index (κ3) is 3.48. The lowest BCUT2D eigenvalue weighted by Gasteiger charge is -2.09. The third-order valence-electron chi connectivity index (χ3n) is 3.97. The van der Waals surface area contributed by atoms with E-state index in [2.05, 4.69) is 26.2 Å². The van der Waals surface area contributed by atoms with Crippen LogP contribution in [-0.4, -0.2) is 17.7 Å². The predicted molar refractivity (Wildman–Crippen MR) is 103 cm³/mol. The molecule has 1 aliphatic rings. The van der Waals surface area contributed by atoms with E-state index in [1.807, 2.05) is 12.1 Å². The molecule has 3 aromatic rings. The van der Waals surface area contributed by atoms with Gasteiger partial charge in [0.25, 0.3) is 5.91 Å². The van der Waals surface area contributed by atoms with Gasteiger partial charge in [-0.1, -0.05) is 33.6 Å². The summed E-state index contributed by atoms with van der Waals surface area (Å²) in [4.78, 5) is 16.5. The second-order valence-corrected chi connectivity index (χ2v) is 6.93. The van der Waals surface area contributed by atoms with Crippen LogP contribution in [0.3, 0.4) is 0 Å². The van der Waals surface area contributed by atoms with E-state index in [0.717, 1.165) is 15.6 Å². The monoisotopic (exact) mass is 448 g/mol. The number of halogens is 3. The molecular weight excluding hydrogens is 439 g/mol. The van der Waals surface area contributed by atoms with Crippen molar-refractivity contribution >= 4 is 39.3 Å². The summed E-state index contributed by atoms with van der Waals surface area (Å²) >= 11 is 9.41. The minimum atomic E-state index is -0.694. The van der Waals surface area contributed by atoms with E-state index in [0.29, 0.717) is 11.5 Å². The average Bonchev–Trinajstić information content (AvgIpc) is 3.09. The highest BCUT2D eigenvalue weighted by atomic mass is 79.9. The van der Waals surface area contributed by atoms with Crippen LogP contribution in [0, 0.1) is 5.82 Å². The van der Waals surface area contributed by atoms with Crippen molar-refractivity contribution in [3.63, 3.8) is 0 Å². The van der Waals surface area contributed by atoms with Crippen LogP contribution in [0.2, 0.25) is 5.02 Å². The number of nitrogens with zero attached hydrogens (tertiary/aromatic N) is 1. The number of aromatic nitrogens is 1. The van der Waals surface area contributed by atoms with E-state index in [1.54, 1.807) is 18.3 Å². The van der Waals surface area contributed by atoms with Crippen LogP contribution in [0.15, 0.2) is 53.1 Å². The Morgan fingerprint density at radius 2 is 1.96 bits per heavy atom. The quantitative estimate of drug-likeness (QED) is 0.591. The summed E-state index contributed by atoms with van der Waals surface area (Å²) in [5.41, 5.74) is 1.45. The van der Waals surface area contributed by atoms with Crippen LogP contribution >= 0.6 is 27.5 Å². The molecule has 0 aliphatic carbocycles. The van der Waals surface area contributed by atoms with Crippen molar-refractivity contribution in [1.29, 1.82) is 0 Å². The maximum absolute atomic E-state index is 13.8. The Hall–Kier alpha value is -2.64. The number of hydrogen-bond acceptors (Lipinski definition) is 4. The molecule has 1 aromatic heterocycles. The SMILES string of the molecule is O=C(Nc1ccc(-c2cc3c(cc2Br)OCO3)cn1)c1c(F)cccc1Cl. The zero-order chi connectivity index (χ0) is 19.0. The van der Waals surface area contributed by atoms with Gasteiger partial charge in [0.05, 0.1) is 10.6 Å². The molecule has 0 unspecified atom stereocenters. The fourth-order valence-electron chi connectivity index (χ4n) is 2.66. The van der Waals surface area contributed by atoms with Gasteiger partial charge in [0.1, 0.15) is 11.6 Å². The number of ether oxygens (including phenoxy) is 2. The normalized spacial score (nSPS) is 12.1. The molecule has 4 rings (SSSR count). The molecule has 27 heavy (non-hydrogen) atoms. The average molecular weight is 450 g/mol. The second-order valence-electron chi connectivity index (χ2n) is 5.67. The second kappa shape index (κ2) is 7.17. The van der Waals surface area contributed by atoms with E-state index < -0.39 is 11.7 Å². The number of fused-ring (bicyclic) bond motifs is 1. The molecular formula is C19H11BrClFN2O3. The largest absolute Gasteiger partial charge is 0.454 e. The van der Waals surface area contributed by atoms with Gasteiger partial charge >= 0.3 is 0 Å². The topological polar surface area (TPSA) is 60.5 Å². The van der Waals surface area contributed by atoms with Crippen molar-refractivity contribution in [3.8, 4) is 22.6 Å². The minimum Gasteiger partial charge on any atom is -0.454 e. The molecule has 0 atom stereocenters. The number of benzene rings is 2. The summed E-state index contributed by atoms with van der Waals surface area (Å²) < 4.78 is 25.4. The van der Waals surface area contributed by atoms with Gasteiger partial charge in [0.15, 0.2) is 11.5 Å². The highest BCUT2D eigenvalue weighted by Gasteiger charge is 2.18. The van der Waals surface area contributed by atoms with Gasteiger partial charge in [0, 0.05) is 21.8 Å². The first-order valence-corrected chi connectivity index (χ1v) is 9.01. The number of amides is 1. The maximum atomic E-state index is 13.8. The molecule has 1 aliphatic heterocycles. The van der Waals surface area contributed by atoms with Gasteiger partial charge < -0.3 is 14.8 Å². The number of hydrogen-bond donors (Lipinski definition) is 1. The molecule has 0 bridgehead atoms. The van der Waals surface area contributed by atoms with Gasteiger partial charge in [-0.15, -0.1) is 0 Å². The lowest BCUT2D eigenvalue weighted by Crippen LogP contribution is -2.15. The summed E-state index contributed by atoms with van der Waals surface area (Å²) in [5, 5.41) is 2.58. The summed E-state index contributed by atoms with van der Waals surface area (Å²) in [6.07, 6.45) is 1.60. The highest BCUT2D eigenvalue weighted by molar-refractivity contribution is 9.10. The molecule has 0 saturated carbocycles. The van der Waals surface area contributed by atoms with Crippen LogP contribution < -0.4 is 14.8 Å². The highest BCUT2D eigenvalue weighted by Crippen LogP contribution is 2.41. The van der Waals surface area contributed by atoms with Gasteiger partial charge in [-0.05, 0) is 36.4 Å². The number of pyridine rings is 1. The molecule has 8 heteroatoms. The molecule has 136 valence electrons. The number of nitrogens with one attached hydrogen (secondary N) is 1.